The van der Waals surface area contributed by atoms with E-state index in [0.717, 1.165) is 5.56 Å². The van der Waals surface area contributed by atoms with Gasteiger partial charge in [0.25, 0.3) is 0 Å². The molecule has 21 heavy (non-hydrogen) atoms. The molecule has 0 saturated carbocycles. The summed E-state index contributed by atoms with van der Waals surface area (Å²) in [5, 5.41) is 9.04. The maximum atomic E-state index is 12.3. The molecule has 0 aromatic heterocycles. The molecule has 4 heteroatoms. The van der Waals surface area contributed by atoms with Gasteiger partial charge in [-0.15, -0.1) is 0 Å². The van der Waals surface area contributed by atoms with Crippen molar-refractivity contribution in [2.24, 2.45) is 5.41 Å². The van der Waals surface area contributed by atoms with Crippen LogP contribution >= 0.6 is 0 Å². The molecule has 0 amide bonds. The summed E-state index contributed by atoms with van der Waals surface area (Å²) in [5.41, 5.74) is 0.126. The Balaban J connectivity index is 3.04. The zero-order valence-electron chi connectivity index (χ0n) is 13.3. The van der Waals surface area contributed by atoms with Gasteiger partial charge in [0.15, 0.2) is 0 Å². The van der Waals surface area contributed by atoms with Gasteiger partial charge in [-0.3, -0.25) is 4.79 Å². The molecule has 0 bridgehead atoms. The normalized spacial score (nSPS) is 14.5. The van der Waals surface area contributed by atoms with Gasteiger partial charge in [0, 0.05) is 6.61 Å². The van der Waals surface area contributed by atoms with E-state index in [1.165, 1.54) is 0 Å². The highest BCUT2D eigenvalue weighted by Crippen LogP contribution is 2.38. The maximum absolute atomic E-state index is 12.3. The fourth-order valence-electron chi connectivity index (χ4n) is 2.20. The van der Waals surface area contributed by atoms with Crippen molar-refractivity contribution in [3.63, 3.8) is 0 Å². The lowest BCUT2D eigenvalue weighted by Crippen LogP contribution is -2.36. The van der Waals surface area contributed by atoms with Gasteiger partial charge in [-0.1, -0.05) is 30.3 Å². The van der Waals surface area contributed by atoms with Crippen LogP contribution < -0.4 is 0 Å². The molecule has 0 aliphatic heterocycles. The van der Waals surface area contributed by atoms with E-state index in [2.05, 4.69) is 0 Å². The van der Waals surface area contributed by atoms with Crippen LogP contribution in [0, 0.1) is 5.41 Å². The molecule has 0 spiro atoms. The fraction of sp³-hybridized carbons (Fsp3) is 0.588. The highest BCUT2D eigenvalue weighted by molar-refractivity contribution is 5.77. The van der Waals surface area contributed by atoms with Gasteiger partial charge in [-0.05, 0) is 39.7 Å². The second kappa shape index (κ2) is 8.15. The van der Waals surface area contributed by atoms with Crippen molar-refractivity contribution < 1.29 is 19.4 Å². The minimum Gasteiger partial charge on any atom is -0.465 e. The Kier molecular flexibility index (Phi) is 6.85. The lowest BCUT2D eigenvalue weighted by molar-refractivity contribution is -0.167. The van der Waals surface area contributed by atoms with Gasteiger partial charge >= 0.3 is 5.97 Å². The van der Waals surface area contributed by atoms with Gasteiger partial charge in [0.05, 0.1) is 24.2 Å². The summed E-state index contributed by atoms with van der Waals surface area (Å²) in [6.45, 7) is 7.75. The summed E-state index contributed by atoms with van der Waals surface area (Å²) >= 11 is 0. The molecule has 2 atom stereocenters. The largest absolute Gasteiger partial charge is 0.465 e. The summed E-state index contributed by atoms with van der Waals surface area (Å²) in [6, 6.07) is 9.65. The average Bonchev–Trinajstić information content (AvgIpc) is 2.46. The minimum atomic E-state index is -0.804. The monoisotopic (exact) mass is 294 g/mol. The zero-order valence-corrected chi connectivity index (χ0v) is 13.3. The smallest absolute Gasteiger partial charge is 0.314 e. The zero-order chi connectivity index (χ0) is 15.9. The van der Waals surface area contributed by atoms with E-state index >= 15 is 0 Å². The Morgan fingerprint density at radius 3 is 2.43 bits per heavy atom. The van der Waals surface area contributed by atoms with Crippen molar-refractivity contribution >= 4 is 5.97 Å². The number of aliphatic hydroxyl groups is 1. The molecule has 0 unspecified atom stereocenters. The Morgan fingerprint density at radius 1 is 1.29 bits per heavy atom. The summed E-state index contributed by atoms with van der Waals surface area (Å²) < 4.78 is 11.2. The number of hydrogen-bond acceptors (Lipinski definition) is 4. The first-order valence-electron chi connectivity index (χ1n) is 7.42. The van der Waals surface area contributed by atoms with E-state index in [0.29, 0.717) is 13.0 Å². The summed E-state index contributed by atoms with van der Waals surface area (Å²) in [5.74, 6) is -0.282. The van der Waals surface area contributed by atoms with Crippen LogP contribution in [-0.2, 0) is 14.3 Å². The third-order valence-electron chi connectivity index (χ3n) is 3.46. The second-order valence-electron chi connectivity index (χ2n) is 5.69. The quantitative estimate of drug-likeness (QED) is 0.749. The molecule has 118 valence electrons. The Hall–Kier alpha value is -1.39. The van der Waals surface area contributed by atoms with E-state index in [4.69, 9.17) is 14.6 Å². The molecule has 0 saturated heterocycles. The molecule has 4 nitrogen and oxygen atoms in total. The van der Waals surface area contributed by atoms with Crippen LogP contribution in [0.3, 0.4) is 0 Å². The van der Waals surface area contributed by atoms with E-state index in [1.807, 2.05) is 51.1 Å². The lowest BCUT2D eigenvalue weighted by atomic mass is 9.82. The molecule has 0 fully saturated rings. The van der Waals surface area contributed by atoms with Crippen molar-refractivity contribution in [1.29, 1.82) is 0 Å². The average molecular weight is 294 g/mol. The van der Waals surface area contributed by atoms with Crippen molar-refractivity contribution in [3.05, 3.63) is 35.9 Å². The van der Waals surface area contributed by atoms with Crippen molar-refractivity contribution in [3.8, 4) is 0 Å². The van der Waals surface area contributed by atoms with E-state index in [9.17, 15) is 4.79 Å². The van der Waals surface area contributed by atoms with Crippen LogP contribution in [0.5, 0.6) is 0 Å². The third kappa shape index (κ3) is 4.83. The maximum Gasteiger partial charge on any atom is 0.314 e. The summed E-state index contributed by atoms with van der Waals surface area (Å²) in [7, 11) is 0. The van der Waals surface area contributed by atoms with Crippen LogP contribution in [0.15, 0.2) is 30.3 Å². The third-order valence-corrected chi connectivity index (χ3v) is 3.46. The second-order valence-corrected chi connectivity index (χ2v) is 5.69. The Morgan fingerprint density at radius 2 is 1.90 bits per heavy atom. The molecule has 0 radical (unpaired) electrons. The van der Waals surface area contributed by atoms with Crippen LogP contribution in [-0.4, -0.2) is 30.4 Å². The number of aliphatic hydroxyl groups excluding tert-OH is 1. The first kappa shape index (κ1) is 17.7. The van der Waals surface area contributed by atoms with Gasteiger partial charge < -0.3 is 14.6 Å². The van der Waals surface area contributed by atoms with E-state index in [1.54, 1.807) is 6.92 Å². The predicted molar refractivity (Wildman–Crippen MR) is 81.8 cm³/mol. The number of esters is 1. The van der Waals surface area contributed by atoms with Crippen molar-refractivity contribution in [1.82, 2.24) is 0 Å². The Bertz CT molecular complexity index is 428. The number of carbonyl (C=O) groups excluding carboxylic acids is 1. The molecule has 1 rings (SSSR count). The Labute approximate surface area is 127 Å². The minimum absolute atomic E-state index is 0.0580. The molecule has 1 aromatic carbocycles. The number of rotatable bonds is 8. The number of benzene rings is 1. The lowest BCUT2D eigenvalue weighted by Gasteiger charge is -2.34. The highest BCUT2D eigenvalue weighted by atomic mass is 16.5. The van der Waals surface area contributed by atoms with E-state index < -0.39 is 11.5 Å². The first-order chi connectivity index (χ1) is 9.93. The molecular formula is C17H26O4. The molecule has 0 aliphatic carbocycles. The molecule has 0 heterocycles. The predicted octanol–water partition coefficient (Wildman–Crippen LogP) is 3.10. The number of hydrogen-bond donors (Lipinski definition) is 1. The molecule has 1 aromatic rings. The number of ether oxygens (including phenoxy) is 2. The summed E-state index contributed by atoms with van der Waals surface area (Å²) in [4.78, 5) is 12.3. The topological polar surface area (TPSA) is 55.8 Å². The highest BCUT2D eigenvalue weighted by Gasteiger charge is 2.40. The van der Waals surface area contributed by atoms with Gasteiger partial charge in [-0.25, -0.2) is 0 Å². The van der Waals surface area contributed by atoms with Crippen molar-refractivity contribution in [2.45, 2.75) is 46.3 Å². The SMILES string of the molecule is CCOC(=O)C(C)(C)[C@H](O[C@H](C)CCO)c1ccccc1. The molecule has 0 aliphatic rings. The molecular weight excluding hydrogens is 268 g/mol. The molecule has 1 N–H and O–H groups in total. The summed E-state index contributed by atoms with van der Waals surface area (Å²) in [6.07, 6.45) is -0.0318. The van der Waals surface area contributed by atoms with Crippen LogP contribution in [0.4, 0.5) is 0 Å². The van der Waals surface area contributed by atoms with Crippen molar-refractivity contribution in [2.75, 3.05) is 13.2 Å². The van der Waals surface area contributed by atoms with Gasteiger partial charge in [-0.2, -0.15) is 0 Å². The fourth-order valence-corrected chi connectivity index (χ4v) is 2.20. The van der Waals surface area contributed by atoms with E-state index in [-0.39, 0.29) is 18.7 Å². The van der Waals surface area contributed by atoms with Crippen LogP contribution in [0.1, 0.15) is 45.8 Å². The first-order valence-corrected chi connectivity index (χ1v) is 7.42. The van der Waals surface area contributed by atoms with Gasteiger partial charge in [0.1, 0.15) is 0 Å². The number of carbonyl (C=O) groups is 1. The van der Waals surface area contributed by atoms with Crippen LogP contribution in [0.25, 0.3) is 0 Å². The standard InChI is InChI=1S/C17H26O4/c1-5-20-16(19)17(3,4)15(21-13(2)11-12-18)14-9-7-6-8-10-14/h6-10,13,15,18H,5,11-12H2,1-4H3/t13-,15-/m1/s1. The van der Waals surface area contributed by atoms with Gasteiger partial charge in [0.2, 0.25) is 0 Å². The van der Waals surface area contributed by atoms with Crippen LogP contribution in [0.2, 0.25) is 0 Å².